The summed E-state index contributed by atoms with van der Waals surface area (Å²) in [6.07, 6.45) is 2.84. The highest BCUT2D eigenvalue weighted by Crippen LogP contribution is 2.25. The Labute approximate surface area is 153 Å². The lowest BCUT2D eigenvalue weighted by Crippen LogP contribution is -2.23. The molecule has 0 aromatic heterocycles. The van der Waals surface area contributed by atoms with Crippen LogP contribution in [0, 0.1) is 0 Å². The molecular weight excluding hydrogens is 354 g/mol. The summed E-state index contributed by atoms with van der Waals surface area (Å²) in [5, 5.41) is 15.8. The summed E-state index contributed by atoms with van der Waals surface area (Å²) in [6, 6.07) is 5.93. The molecule has 0 fully saturated rings. The predicted octanol–water partition coefficient (Wildman–Crippen LogP) is 1.34. The molecule has 0 saturated carbocycles. The Morgan fingerprint density at radius 3 is 2.52 bits per heavy atom. The monoisotopic (exact) mass is 371 g/mol. The lowest BCUT2D eigenvalue weighted by molar-refractivity contribution is -0.140. The molecule has 0 radical (unpaired) electrons. The van der Waals surface area contributed by atoms with E-state index in [0.717, 1.165) is 5.56 Å². The van der Waals surface area contributed by atoms with Gasteiger partial charge in [-0.3, -0.25) is 4.79 Å². The van der Waals surface area contributed by atoms with Gasteiger partial charge in [0.2, 0.25) is 0 Å². The number of esters is 1. The van der Waals surface area contributed by atoms with E-state index in [1.165, 1.54) is 24.1 Å². The number of aromatic amines is 1. The minimum atomic E-state index is -1.11. The number of hydrogen-bond donors (Lipinski definition) is 2. The summed E-state index contributed by atoms with van der Waals surface area (Å²) < 4.78 is 11.1. The van der Waals surface area contributed by atoms with Crippen molar-refractivity contribution in [1.29, 1.82) is 0 Å². The summed E-state index contributed by atoms with van der Waals surface area (Å²) in [5.41, 5.74) is 0.493. The number of H-pyrrole nitrogens is 1. The third-order valence-electron chi connectivity index (χ3n) is 4.22. The van der Waals surface area contributed by atoms with Crippen molar-refractivity contribution in [2.75, 3.05) is 14.2 Å². The highest BCUT2D eigenvalue weighted by atomic mass is 16.5. The molecule has 140 valence electrons. The molecule has 9 nitrogen and oxygen atoms in total. The Bertz CT molecular complexity index is 1000. The number of fused-ring (bicyclic) bond motifs is 1. The molecule has 0 aliphatic carbocycles. The van der Waals surface area contributed by atoms with Crippen LogP contribution in [0.2, 0.25) is 0 Å². The first kappa shape index (κ1) is 18.2. The molecule has 0 spiro atoms. The zero-order valence-corrected chi connectivity index (χ0v) is 14.6. The Kier molecular flexibility index (Phi) is 4.93. The molecular formula is C18H17N3O6. The van der Waals surface area contributed by atoms with Crippen LogP contribution in [0.3, 0.4) is 0 Å². The van der Waals surface area contributed by atoms with E-state index < -0.39 is 23.5 Å². The predicted molar refractivity (Wildman–Crippen MR) is 94.2 cm³/mol. The van der Waals surface area contributed by atoms with Crippen molar-refractivity contribution < 1.29 is 24.2 Å². The zero-order valence-electron chi connectivity index (χ0n) is 14.6. The van der Waals surface area contributed by atoms with Crippen molar-refractivity contribution in [3.8, 4) is 17.0 Å². The SMILES string of the molecule is COC(=O)c1cn([C@@H](Cc2ccc(OC)cc2)C(=O)O)cc2c(=O)[nH]nc1-2. The average molecular weight is 371 g/mol. The van der Waals surface area contributed by atoms with Gasteiger partial charge in [0.15, 0.2) is 0 Å². The van der Waals surface area contributed by atoms with Crippen molar-refractivity contribution in [2.45, 2.75) is 12.5 Å². The third-order valence-corrected chi connectivity index (χ3v) is 4.22. The minimum absolute atomic E-state index is 0.00864. The van der Waals surface area contributed by atoms with E-state index >= 15 is 0 Å². The van der Waals surface area contributed by atoms with Crippen molar-refractivity contribution >= 4 is 11.9 Å². The second-order valence-corrected chi connectivity index (χ2v) is 5.83. The van der Waals surface area contributed by atoms with Crippen molar-refractivity contribution in [2.24, 2.45) is 0 Å². The fourth-order valence-electron chi connectivity index (χ4n) is 2.80. The summed E-state index contributed by atoms with van der Waals surface area (Å²) in [4.78, 5) is 35.9. The highest BCUT2D eigenvalue weighted by molar-refractivity contribution is 5.96. The fraction of sp³-hybridized carbons (Fsp3) is 0.222. The third kappa shape index (κ3) is 3.52. The molecule has 1 atom stereocenters. The summed E-state index contributed by atoms with van der Waals surface area (Å²) in [7, 11) is 2.74. The van der Waals surface area contributed by atoms with Gasteiger partial charge in [-0.25, -0.2) is 14.7 Å². The van der Waals surface area contributed by atoms with Gasteiger partial charge in [0.05, 0.1) is 19.8 Å². The second-order valence-electron chi connectivity index (χ2n) is 5.83. The molecule has 2 aliphatic heterocycles. The maximum Gasteiger partial charge on any atom is 0.341 e. The van der Waals surface area contributed by atoms with E-state index in [9.17, 15) is 19.5 Å². The van der Waals surface area contributed by atoms with Crippen LogP contribution in [-0.4, -0.2) is 46.0 Å². The quantitative estimate of drug-likeness (QED) is 0.627. The molecule has 1 aromatic rings. The Balaban J connectivity index is 2.06. The smallest absolute Gasteiger partial charge is 0.341 e. The fourth-order valence-corrected chi connectivity index (χ4v) is 2.80. The Hall–Kier alpha value is -3.62. The van der Waals surface area contributed by atoms with E-state index in [0.29, 0.717) is 5.75 Å². The largest absolute Gasteiger partial charge is 0.497 e. The second kappa shape index (κ2) is 7.32. The van der Waals surface area contributed by atoms with Gasteiger partial charge in [-0.1, -0.05) is 12.1 Å². The van der Waals surface area contributed by atoms with E-state index in [4.69, 9.17) is 9.47 Å². The molecule has 0 amide bonds. The number of carbonyl (C=O) groups is 2. The average Bonchev–Trinajstić information content (AvgIpc) is 3.06. The van der Waals surface area contributed by atoms with Crippen LogP contribution in [0.1, 0.15) is 22.0 Å². The molecule has 27 heavy (non-hydrogen) atoms. The standard InChI is InChI=1S/C18H17N3O6/c1-26-11-5-3-10(4-6-11)7-14(17(23)24)21-8-12-15(19-20-16(12)22)13(9-21)18(25)27-2/h3-6,8-9,14H,7H2,1-2H3,(H,20,22)(H,23,24)/t14-/m0/s1. The highest BCUT2D eigenvalue weighted by Gasteiger charge is 2.26. The zero-order chi connectivity index (χ0) is 19.6. The van der Waals surface area contributed by atoms with Gasteiger partial charge < -0.3 is 19.1 Å². The Morgan fingerprint density at radius 2 is 1.93 bits per heavy atom. The van der Waals surface area contributed by atoms with Gasteiger partial charge in [-0.15, -0.1) is 0 Å². The first-order valence-electron chi connectivity index (χ1n) is 7.98. The minimum Gasteiger partial charge on any atom is -0.497 e. The molecule has 0 bridgehead atoms. The van der Waals surface area contributed by atoms with Gasteiger partial charge in [-0.05, 0) is 17.7 Å². The van der Waals surface area contributed by atoms with E-state index in [1.807, 2.05) is 0 Å². The van der Waals surface area contributed by atoms with Crippen molar-refractivity contribution in [1.82, 2.24) is 14.8 Å². The molecule has 1 aromatic carbocycles. The topological polar surface area (TPSA) is 124 Å². The number of hydrogen-bond acceptors (Lipinski definition) is 6. The van der Waals surface area contributed by atoms with Gasteiger partial charge >= 0.3 is 11.9 Å². The molecule has 0 saturated heterocycles. The van der Waals surface area contributed by atoms with Crippen LogP contribution in [0.4, 0.5) is 0 Å². The van der Waals surface area contributed by atoms with Crippen LogP contribution in [-0.2, 0) is 16.0 Å². The van der Waals surface area contributed by atoms with E-state index in [-0.39, 0.29) is 23.2 Å². The summed E-state index contributed by atoms with van der Waals surface area (Å²) in [5.74, 6) is -1.17. The molecule has 2 heterocycles. The maximum atomic E-state index is 12.1. The summed E-state index contributed by atoms with van der Waals surface area (Å²) >= 11 is 0. The Morgan fingerprint density at radius 1 is 1.22 bits per heavy atom. The lowest BCUT2D eigenvalue weighted by atomic mass is 10.0. The molecule has 9 heteroatoms. The van der Waals surface area contributed by atoms with E-state index in [2.05, 4.69) is 10.2 Å². The number of rotatable bonds is 6. The van der Waals surface area contributed by atoms with Crippen LogP contribution < -0.4 is 10.3 Å². The number of nitrogens with one attached hydrogen (secondary N) is 1. The first-order chi connectivity index (χ1) is 12.9. The number of carbonyl (C=O) groups excluding carboxylic acids is 1. The number of carboxylic acid groups (broad SMARTS) is 1. The first-order valence-corrected chi connectivity index (χ1v) is 7.98. The number of nitrogens with zero attached hydrogens (tertiary/aromatic N) is 2. The van der Waals surface area contributed by atoms with Gasteiger partial charge in [-0.2, -0.15) is 5.10 Å². The molecule has 2 aliphatic rings. The molecule has 0 unspecified atom stereocenters. The van der Waals surface area contributed by atoms with E-state index in [1.54, 1.807) is 31.4 Å². The molecule has 3 rings (SSSR count). The van der Waals surface area contributed by atoms with Crippen LogP contribution >= 0.6 is 0 Å². The number of ether oxygens (including phenoxy) is 2. The van der Waals surface area contributed by atoms with Gasteiger partial charge in [0.1, 0.15) is 23.0 Å². The van der Waals surface area contributed by atoms with Crippen LogP contribution in [0.25, 0.3) is 11.3 Å². The maximum absolute atomic E-state index is 12.1. The van der Waals surface area contributed by atoms with Crippen molar-refractivity contribution in [3.63, 3.8) is 0 Å². The number of carboxylic acids is 1. The number of aliphatic carboxylic acids is 1. The number of aromatic nitrogens is 3. The number of pyridine rings is 1. The number of benzene rings is 1. The van der Waals surface area contributed by atoms with Crippen LogP contribution in [0.15, 0.2) is 41.5 Å². The summed E-state index contributed by atoms with van der Waals surface area (Å²) in [6.45, 7) is 0. The van der Waals surface area contributed by atoms with Crippen LogP contribution in [0.5, 0.6) is 5.75 Å². The lowest BCUT2D eigenvalue weighted by Gasteiger charge is -2.19. The normalized spacial score (nSPS) is 11.9. The van der Waals surface area contributed by atoms with Crippen molar-refractivity contribution in [3.05, 3.63) is 58.1 Å². The van der Waals surface area contributed by atoms with Gasteiger partial charge in [0.25, 0.3) is 5.56 Å². The number of methoxy groups -OCH3 is 2. The molecule has 2 N–H and O–H groups in total. The van der Waals surface area contributed by atoms with Gasteiger partial charge in [0, 0.05) is 18.8 Å².